The predicted octanol–water partition coefficient (Wildman–Crippen LogP) is 1.43. The van der Waals surface area contributed by atoms with Crippen molar-refractivity contribution in [2.24, 2.45) is 5.92 Å². The van der Waals surface area contributed by atoms with Crippen molar-refractivity contribution < 1.29 is 9.47 Å². The van der Waals surface area contributed by atoms with E-state index in [0.29, 0.717) is 0 Å². The zero-order chi connectivity index (χ0) is 10.1. The molecule has 3 nitrogen and oxygen atoms in total. The van der Waals surface area contributed by atoms with E-state index >= 15 is 0 Å². The maximum absolute atomic E-state index is 5.31. The smallest absolute Gasteiger partial charge is 0.0507 e. The average Bonchev–Trinajstić information content (AvgIpc) is 2.69. The van der Waals surface area contributed by atoms with E-state index in [1.165, 1.54) is 19.3 Å². The number of unbranched alkanes of at least 4 members (excludes halogenated alkanes) is 1. The zero-order valence-corrected chi connectivity index (χ0v) is 9.26. The first kappa shape index (κ1) is 12.0. The lowest BCUT2D eigenvalue weighted by Gasteiger charge is -2.08. The summed E-state index contributed by atoms with van der Waals surface area (Å²) in [5, 5.41) is 3.47. The SMILES string of the molecule is CCOCCCCNCC1CCOC1. The molecule has 1 N–H and O–H groups in total. The Labute approximate surface area is 87.2 Å². The Morgan fingerprint density at radius 1 is 1.43 bits per heavy atom. The Morgan fingerprint density at radius 2 is 2.36 bits per heavy atom. The number of nitrogens with one attached hydrogen (secondary N) is 1. The monoisotopic (exact) mass is 201 g/mol. The fourth-order valence-corrected chi connectivity index (χ4v) is 1.65. The maximum Gasteiger partial charge on any atom is 0.0507 e. The van der Waals surface area contributed by atoms with E-state index in [-0.39, 0.29) is 0 Å². The summed E-state index contributed by atoms with van der Waals surface area (Å²) in [4.78, 5) is 0. The van der Waals surface area contributed by atoms with Gasteiger partial charge in [-0.15, -0.1) is 0 Å². The molecule has 0 radical (unpaired) electrons. The lowest BCUT2D eigenvalue weighted by Crippen LogP contribution is -2.24. The van der Waals surface area contributed by atoms with Gasteiger partial charge in [0.15, 0.2) is 0 Å². The molecule has 0 saturated carbocycles. The lowest BCUT2D eigenvalue weighted by molar-refractivity contribution is 0.143. The molecule has 0 aromatic rings. The van der Waals surface area contributed by atoms with Crippen molar-refractivity contribution in [1.29, 1.82) is 0 Å². The number of rotatable bonds is 8. The molecule has 84 valence electrons. The molecule has 1 atom stereocenters. The molecule has 0 spiro atoms. The molecule has 1 aliphatic heterocycles. The van der Waals surface area contributed by atoms with Gasteiger partial charge < -0.3 is 14.8 Å². The molecule has 0 aromatic carbocycles. The Kier molecular flexibility index (Phi) is 7.01. The molecule has 14 heavy (non-hydrogen) atoms. The average molecular weight is 201 g/mol. The summed E-state index contributed by atoms with van der Waals surface area (Å²) in [5.41, 5.74) is 0. The van der Waals surface area contributed by atoms with Gasteiger partial charge in [0, 0.05) is 26.4 Å². The van der Waals surface area contributed by atoms with Crippen LogP contribution >= 0.6 is 0 Å². The van der Waals surface area contributed by atoms with E-state index in [2.05, 4.69) is 5.32 Å². The van der Waals surface area contributed by atoms with Crippen molar-refractivity contribution in [2.45, 2.75) is 26.2 Å². The minimum absolute atomic E-state index is 0.752. The largest absolute Gasteiger partial charge is 0.382 e. The van der Waals surface area contributed by atoms with E-state index in [1.54, 1.807) is 0 Å². The minimum atomic E-state index is 0.752. The molecular weight excluding hydrogens is 178 g/mol. The first-order valence-electron chi connectivity index (χ1n) is 5.79. The van der Waals surface area contributed by atoms with Gasteiger partial charge in [0.05, 0.1) is 6.61 Å². The van der Waals surface area contributed by atoms with Gasteiger partial charge in [-0.3, -0.25) is 0 Å². The second-order valence-electron chi connectivity index (χ2n) is 3.84. The molecule has 1 rings (SSSR count). The summed E-state index contributed by atoms with van der Waals surface area (Å²) >= 11 is 0. The van der Waals surface area contributed by atoms with Crippen molar-refractivity contribution in [1.82, 2.24) is 5.32 Å². The van der Waals surface area contributed by atoms with Crippen LogP contribution in [0.25, 0.3) is 0 Å². The fourth-order valence-electron chi connectivity index (χ4n) is 1.65. The molecule has 1 heterocycles. The summed E-state index contributed by atoms with van der Waals surface area (Å²) in [6.45, 7) is 7.93. The Bertz CT molecular complexity index is 124. The van der Waals surface area contributed by atoms with E-state index in [1.807, 2.05) is 6.92 Å². The summed E-state index contributed by atoms with van der Waals surface area (Å²) < 4.78 is 10.6. The quantitative estimate of drug-likeness (QED) is 0.603. The topological polar surface area (TPSA) is 30.5 Å². The van der Waals surface area contributed by atoms with E-state index in [4.69, 9.17) is 9.47 Å². The van der Waals surface area contributed by atoms with Gasteiger partial charge >= 0.3 is 0 Å². The first-order valence-corrected chi connectivity index (χ1v) is 5.79. The van der Waals surface area contributed by atoms with Crippen LogP contribution in [0.5, 0.6) is 0 Å². The predicted molar refractivity (Wildman–Crippen MR) is 57.5 cm³/mol. The van der Waals surface area contributed by atoms with Crippen LogP contribution in [-0.4, -0.2) is 39.5 Å². The third kappa shape index (κ3) is 5.58. The second kappa shape index (κ2) is 8.21. The molecule has 1 fully saturated rings. The first-order chi connectivity index (χ1) is 6.93. The summed E-state index contributed by atoms with van der Waals surface area (Å²) in [7, 11) is 0. The van der Waals surface area contributed by atoms with Gasteiger partial charge in [-0.1, -0.05) is 0 Å². The van der Waals surface area contributed by atoms with Crippen LogP contribution in [0.4, 0.5) is 0 Å². The summed E-state index contributed by atoms with van der Waals surface area (Å²) in [6.07, 6.45) is 3.61. The van der Waals surface area contributed by atoms with Gasteiger partial charge in [0.1, 0.15) is 0 Å². The van der Waals surface area contributed by atoms with Gasteiger partial charge in [-0.05, 0) is 38.6 Å². The van der Waals surface area contributed by atoms with Crippen LogP contribution in [0.1, 0.15) is 26.2 Å². The van der Waals surface area contributed by atoms with E-state index in [0.717, 1.165) is 45.4 Å². The van der Waals surface area contributed by atoms with Crippen LogP contribution < -0.4 is 5.32 Å². The van der Waals surface area contributed by atoms with Gasteiger partial charge in [0.2, 0.25) is 0 Å². The van der Waals surface area contributed by atoms with Crippen LogP contribution in [0.2, 0.25) is 0 Å². The Hall–Kier alpha value is -0.120. The standard InChI is InChI=1S/C11H23NO2/c1-2-13-7-4-3-6-12-9-11-5-8-14-10-11/h11-12H,2-10H2,1H3. The van der Waals surface area contributed by atoms with E-state index in [9.17, 15) is 0 Å². The second-order valence-corrected chi connectivity index (χ2v) is 3.84. The third-order valence-corrected chi connectivity index (χ3v) is 2.55. The Balaban J connectivity index is 1.75. The van der Waals surface area contributed by atoms with Crippen molar-refractivity contribution in [3.63, 3.8) is 0 Å². The van der Waals surface area contributed by atoms with Crippen molar-refractivity contribution in [3.8, 4) is 0 Å². The van der Waals surface area contributed by atoms with Crippen molar-refractivity contribution in [2.75, 3.05) is 39.5 Å². The van der Waals surface area contributed by atoms with Gasteiger partial charge in [-0.2, -0.15) is 0 Å². The minimum Gasteiger partial charge on any atom is -0.382 e. The normalized spacial score (nSPS) is 21.6. The van der Waals surface area contributed by atoms with E-state index < -0.39 is 0 Å². The van der Waals surface area contributed by atoms with Crippen LogP contribution in [0, 0.1) is 5.92 Å². The van der Waals surface area contributed by atoms with Crippen molar-refractivity contribution in [3.05, 3.63) is 0 Å². The van der Waals surface area contributed by atoms with Gasteiger partial charge in [-0.25, -0.2) is 0 Å². The molecule has 3 heteroatoms. The molecule has 0 bridgehead atoms. The van der Waals surface area contributed by atoms with Gasteiger partial charge in [0.25, 0.3) is 0 Å². The molecule has 0 aromatic heterocycles. The lowest BCUT2D eigenvalue weighted by atomic mass is 10.1. The molecule has 1 unspecified atom stereocenters. The molecule has 1 saturated heterocycles. The fraction of sp³-hybridized carbons (Fsp3) is 1.00. The molecule has 0 aliphatic carbocycles. The molecule has 0 amide bonds. The van der Waals surface area contributed by atoms with Crippen LogP contribution in [0.3, 0.4) is 0 Å². The third-order valence-electron chi connectivity index (χ3n) is 2.55. The Morgan fingerprint density at radius 3 is 3.07 bits per heavy atom. The highest BCUT2D eigenvalue weighted by Crippen LogP contribution is 2.10. The summed E-state index contributed by atoms with van der Waals surface area (Å²) in [6, 6.07) is 0. The number of hydrogen-bond donors (Lipinski definition) is 1. The van der Waals surface area contributed by atoms with Crippen LogP contribution in [-0.2, 0) is 9.47 Å². The maximum atomic E-state index is 5.31. The highest BCUT2D eigenvalue weighted by Gasteiger charge is 2.14. The summed E-state index contributed by atoms with van der Waals surface area (Å²) in [5.74, 6) is 0.752. The molecular formula is C11H23NO2. The molecule has 1 aliphatic rings. The van der Waals surface area contributed by atoms with Crippen LogP contribution in [0.15, 0.2) is 0 Å². The highest BCUT2D eigenvalue weighted by molar-refractivity contribution is 4.66. The zero-order valence-electron chi connectivity index (χ0n) is 9.26. The highest BCUT2D eigenvalue weighted by atomic mass is 16.5. The van der Waals surface area contributed by atoms with Crippen molar-refractivity contribution >= 4 is 0 Å². The number of ether oxygens (including phenoxy) is 2. The number of hydrogen-bond acceptors (Lipinski definition) is 3.